The average molecular weight is 194 g/mol. The maximum Gasteiger partial charge on any atom is 0.508 e. The van der Waals surface area contributed by atoms with Crippen LogP contribution in [0.25, 0.3) is 0 Å². The molecule has 0 aromatic heterocycles. The predicted molar refractivity (Wildman–Crippen MR) is 38.3 cm³/mol. The summed E-state index contributed by atoms with van der Waals surface area (Å²) < 4.78 is 8.03. The van der Waals surface area contributed by atoms with E-state index in [4.69, 9.17) is 15.3 Å². The van der Waals surface area contributed by atoms with E-state index in [9.17, 15) is 9.59 Å². The van der Waals surface area contributed by atoms with Crippen LogP contribution in [-0.4, -0.2) is 40.5 Å². The fourth-order valence-electron chi connectivity index (χ4n) is 0.593. The number of hydrogen-bond donors (Lipinski definition) is 3. The third-order valence-electron chi connectivity index (χ3n) is 1.06. The Balaban J connectivity index is 3.31. The van der Waals surface area contributed by atoms with Crippen LogP contribution < -0.4 is 0 Å². The Kier molecular flexibility index (Phi) is 5.37. The Morgan fingerprint density at radius 2 is 1.85 bits per heavy atom. The van der Waals surface area contributed by atoms with E-state index in [0.29, 0.717) is 0 Å². The predicted octanol–water partition coefficient (Wildman–Crippen LogP) is 0.474. The number of aliphatic hydroxyl groups excluding tert-OH is 1. The highest BCUT2D eigenvalue weighted by molar-refractivity contribution is 5.57. The monoisotopic (exact) mass is 194 g/mol. The molecule has 0 radical (unpaired) electrons. The van der Waals surface area contributed by atoms with Crippen molar-refractivity contribution in [1.29, 1.82) is 0 Å². The lowest BCUT2D eigenvalue weighted by atomic mass is 10.3. The second-order valence-corrected chi connectivity index (χ2v) is 2.10. The highest BCUT2D eigenvalue weighted by Gasteiger charge is 2.08. The summed E-state index contributed by atoms with van der Waals surface area (Å²) in [5.74, 6) is 0. The van der Waals surface area contributed by atoms with Gasteiger partial charge in [-0.1, -0.05) is 0 Å². The molecule has 7 heteroatoms. The molecule has 0 saturated carbocycles. The first-order chi connectivity index (χ1) is 6.02. The molecule has 3 N–H and O–H groups in total. The van der Waals surface area contributed by atoms with Gasteiger partial charge in [-0.05, 0) is 6.42 Å². The molecular weight excluding hydrogens is 184 g/mol. The van der Waals surface area contributed by atoms with Gasteiger partial charge in [0.25, 0.3) is 0 Å². The van der Waals surface area contributed by atoms with Gasteiger partial charge in [-0.15, -0.1) is 0 Å². The normalized spacial score (nSPS) is 11.8. The summed E-state index contributed by atoms with van der Waals surface area (Å²) in [5.41, 5.74) is 0. The minimum atomic E-state index is -1.58. The van der Waals surface area contributed by atoms with Crippen LogP contribution in [-0.2, 0) is 9.47 Å². The summed E-state index contributed by atoms with van der Waals surface area (Å²) in [4.78, 5) is 19.7. The van der Waals surface area contributed by atoms with Gasteiger partial charge >= 0.3 is 12.3 Å². The van der Waals surface area contributed by atoms with E-state index in [1.807, 2.05) is 0 Å². The van der Waals surface area contributed by atoms with E-state index in [1.54, 1.807) is 0 Å². The van der Waals surface area contributed by atoms with Crippen molar-refractivity contribution < 1.29 is 34.4 Å². The lowest BCUT2D eigenvalue weighted by molar-refractivity contribution is -0.0773. The molecule has 1 atom stereocenters. The summed E-state index contributed by atoms with van der Waals surface area (Å²) in [6, 6.07) is 0. The molecule has 0 aliphatic rings. The van der Waals surface area contributed by atoms with Gasteiger partial charge in [-0.2, -0.15) is 0 Å². The van der Waals surface area contributed by atoms with Crippen LogP contribution in [0, 0.1) is 0 Å². The molecule has 76 valence electrons. The van der Waals surface area contributed by atoms with Gasteiger partial charge in [0.1, 0.15) is 0 Å². The van der Waals surface area contributed by atoms with Crippen LogP contribution in [0.5, 0.6) is 0 Å². The van der Waals surface area contributed by atoms with Crippen molar-refractivity contribution in [3.63, 3.8) is 0 Å². The zero-order chi connectivity index (χ0) is 10.3. The number of carbonyl (C=O) groups is 2. The van der Waals surface area contributed by atoms with Crippen LogP contribution >= 0.6 is 0 Å². The van der Waals surface area contributed by atoms with Crippen molar-refractivity contribution in [3.05, 3.63) is 0 Å². The lowest BCUT2D eigenvalue weighted by Gasteiger charge is -2.08. The number of rotatable bonds is 5. The summed E-state index contributed by atoms with van der Waals surface area (Å²) in [6.07, 6.45) is -4.23. The third-order valence-corrected chi connectivity index (χ3v) is 1.06. The molecule has 13 heavy (non-hydrogen) atoms. The van der Waals surface area contributed by atoms with Gasteiger partial charge < -0.3 is 24.8 Å². The van der Waals surface area contributed by atoms with E-state index in [1.165, 1.54) is 0 Å². The quantitative estimate of drug-likeness (QED) is 0.331. The fraction of sp³-hybridized carbons (Fsp3) is 0.667. The molecule has 0 heterocycles. The zero-order valence-corrected chi connectivity index (χ0v) is 6.67. The maximum atomic E-state index is 9.84. The fourth-order valence-corrected chi connectivity index (χ4v) is 0.593. The molecule has 0 bridgehead atoms. The summed E-state index contributed by atoms with van der Waals surface area (Å²) in [6.45, 7) is -0.102. The Morgan fingerprint density at radius 3 is 2.31 bits per heavy atom. The molecule has 0 saturated heterocycles. The minimum absolute atomic E-state index is 0.000417. The summed E-state index contributed by atoms with van der Waals surface area (Å²) in [5, 5.41) is 24.8. The van der Waals surface area contributed by atoms with Crippen molar-refractivity contribution in [2.24, 2.45) is 0 Å². The minimum Gasteiger partial charge on any atom is -0.450 e. The molecule has 0 rings (SSSR count). The molecule has 0 fully saturated rings. The SMILES string of the molecule is O=C(O)OCCCC(O)OC(=O)O. The van der Waals surface area contributed by atoms with Crippen molar-refractivity contribution in [2.75, 3.05) is 6.61 Å². The topological polar surface area (TPSA) is 113 Å². The van der Waals surface area contributed by atoms with E-state index in [2.05, 4.69) is 9.47 Å². The number of aliphatic hydroxyl groups is 1. The number of ether oxygens (including phenoxy) is 2. The second kappa shape index (κ2) is 6.06. The van der Waals surface area contributed by atoms with Crippen molar-refractivity contribution >= 4 is 12.3 Å². The van der Waals surface area contributed by atoms with E-state index in [-0.39, 0.29) is 19.4 Å². The highest BCUT2D eigenvalue weighted by Crippen LogP contribution is 1.99. The van der Waals surface area contributed by atoms with Gasteiger partial charge in [0, 0.05) is 6.42 Å². The van der Waals surface area contributed by atoms with Crippen molar-refractivity contribution in [2.45, 2.75) is 19.1 Å². The molecule has 0 aliphatic carbocycles. The second-order valence-electron chi connectivity index (χ2n) is 2.10. The van der Waals surface area contributed by atoms with Crippen LogP contribution in [0.15, 0.2) is 0 Å². The number of hydrogen-bond acceptors (Lipinski definition) is 5. The Morgan fingerprint density at radius 1 is 1.23 bits per heavy atom. The largest absolute Gasteiger partial charge is 0.508 e. The lowest BCUT2D eigenvalue weighted by Crippen LogP contribution is -2.16. The maximum absolute atomic E-state index is 9.84. The van der Waals surface area contributed by atoms with Gasteiger partial charge in [0.05, 0.1) is 6.61 Å². The van der Waals surface area contributed by atoms with E-state index >= 15 is 0 Å². The Labute approximate surface area is 73.5 Å². The highest BCUT2D eigenvalue weighted by atomic mass is 16.7. The molecule has 7 nitrogen and oxygen atoms in total. The van der Waals surface area contributed by atoms with Crippen LogP contribution in [0.1, 0.15) is 12.8 Å². The molecule has 0 aromatic carbocycles. The molecule has 0 amide bonds. The standard InChI is InChI=1S/C6H10O7/c7-4(13-6(10)11)2-1-3-12-5(8)9/h4,7H,1-3H2,(H,8,9)(H,10,11). The van der Waals surface area contributed by atoms with Crippen molar-refractivity contribution in [1.82, 2.24) is 0 Å². The van der Waals surface area contributed by atoms with Gasteiger partial charge in [-0.25, -0.2) is 9.59 Å². The molecule has 0 spiro atoms. The van der Waals surface area contributed by atoms with Gasteiger partial charge in [0.15, 0.2) is 0 Å². The average Bonchev–Trinajstić information content (AvgIpc) is 1.96. The molecular formula is C6H10O7. The van der Waals surface area contributed by atoms with Crippen molar-refractivity contribution in [3.8, 4) is 0 Å². The van der Waals surface area contributed by atoms with E-state index < -0.39 is 18.6 Å². The van der Waals surface area contributed by atoms with E-state index in [0.717, 1.165) is 0 Å². The molecule has 1 unspecified atom stereocenters. The first kappa shape index (κ1) is 11.5. The smallest absolute Gasteiger partial charge is 0.450 e. The third kappa shape index (κ3) is 8.41. The Bertz CT molecular complexity index is 178. The first-order valence-corrected chi connectivity index (χ1v) is 3.45. The van der Waals surface area contributed by atoms with Gasteiger partial charge in [-0.3, -0.25) is 0 Å². The first-order valence-electron chi connectivity index (χ1n) is 3.45. The van der Waals surface area contributed by atoms with Crippen LogP contribution in [0.3, 0.4) is 0 Å². The van der Waals surface area contributed by atoms with Crippen LogP contribution in [0.4, 0.5) is 9.59 Å². The summed E-state index contributed by atoms with van der Waals surface area (Å²) >= 11 is 0. The summed E-state index contributed by atoms with van der Waals surface area (Å²) in [7, 11) is 0. The molecule has 0 aliphatic heterocycles. The molecule has 0 aromatic rings. The zero-order valence-electron chi connectivity index (χ0n) is 6.67. The van der Waals surface area contributed by atoms with Crippen LogP contribution in [0.2, 0.25) is 0 Å². The van der Waals surface area contributed by atoms with Gasteiger partial charge in [0.2, 0.25) is 6.29 Å². The Hall–Kier alpha value is -1.50. The number of carboxylic acid groups (broad SMARTS) is 2.